The summed E-state index contributed by atoms with van der Waals surface area (Å²) in [6.07, 6.45) is 3.37. The number of hydrogen-bond donors (Lipinski definition) is 0. The molecule has 1 amide bonds. The Balaban J connectivity index is 2.22. The number of anilines is 1. The second-order valence-corrected chi connectivity index (χ2v) is 9.94. The van der Waals surface area contributed by atoms with Crippen molar-refractivity contribution >= 4 is 43.8 Å². The minimum absolute atomic E-state index is 0.250. The molecule has 0 aliphatic carbocycles. The van der Waals surface area contributed by atoms with E-state index in [4.69, 9.17) is 27.6 Å². The fourth-order valence-corrected chi connectivity index (χ4v) is 3.41. The number of rotatable bonds is 7. The number of carbonyl (C=O) groups is 1. The molecule has 1 aliphatic rings. The maximum absolute atomic E-state index is 12.1. The van der Waals surface area contributed by atoms with Crippen LogP contribution in [-0.4, -0.2) is 25.8 Å². The molecular formula is C16H23Cl2NO2Si. The van der Waals surface area contributed by atoms with Gasteiger partial charge in [-0.2, -0.15) is 0 Å². The van der Waals surface area contributed by atoms with E-state index in [9.17, 15) is 4.79 Å². The standard InChI is InChI=1S/C16H23Cl2NO2Si/c1-4-5-6-12-7-8-14(13(9-12)10-21-22(2)3)19-11-16(17,18)15(19)20/h7-9,22H,4-6,10-11H2,1-3H3. The Kier molecular flexibility index (Phi) is 5.94. The summed E-state index contributed by atoms with van der Waals surface area (Å²) in [5, 5.41) is 0. The molecule has 0 bridgehead atoms. The van der Waals surface area contributed by atoms with Crippen molar-refractivity contribution in [2.75, 3.05) is 11.4 Å². The zero-order valence-electron chi connectivity index (χ0n) is 13.4. The average molecular weight is 360 g/mol. The fourth-order valence-electron chi connectivity index (χ4n) is 2.45. The maximum atomic E-state index is 12.1. The molecule has 0 spiro atoms. The van der Waals surface area contributed by atoms with Gasteiger partial charge in [0.2, 0.25) is 4.33 Å². The van der Waals surface area contributed by atoms with Crippen molar-refractivity contribution in [3.63, 3.8) is 0 Å². The van der Waals surface area contributed by atoms with Crippen LogP contribution < -0.4 is 4.90 Å². The Hall–Kier alpha value is -0.553. The summed E-state index contributed by atoms with van der Waals surface area (Å²) in [4.78, 5) is 13.7. The maximum Gasteiger partial charge on any atom is 0.265 e. The monoisotopic (exact) mass is 359 g/mol. The average Bonchev–Trinajstić information content (AvgIpc) is 2.48. The van der Waals surface area contributed by atoms with Crippen LogP contribution in [0.15, 0.2) is 18.2 Å². The van der Waals surface area contributed by atoms with E-state index < -0.39 is 13.4 Å². The predicted molar refractivity (Wildman–Crippen MR) is 95.5 cm³/mol. The van der Waals surface area contributed by atoms with Crippen LogP contribution in [0, 0.1) is 0 Å². The molecular weight excluding hydrogens is 337 g/mol. The highest BCUT2D eigenvalue weighted by Gasteiger charge is 2.50. The number of carbonyl (C=O) groups excluding carboxylic acids is 1. The third kappa shape index (κ3) is 4.05. The van der Waals surface area contributed by atoms with Gasteiger partial charge in [-0.15, -0.1) is 0 Å². The number of halogens is 2. The highest BCUT2D eigenvalue weighted by molar-refractivity contribution is 6.62. The molecule has 1 saturated heterocycles. The van der Waals surface area contributed by atoms with Crippen LogP contribution in [0.25, 0.3) is 0 Å². The zero-order valence-corrected chi connectivity index (χ0v) is 16.0. The van der Waals surface area contributed by atoms with E-state index in [0.29, 0.717) is 13.2 Å². The van der Waals surface area contributed by atoms with Crippen molar-refractivity contribution < 1.29 is 9.22 Å². The van der Waals surface area contributed by atoms with E-state index in [1.165, 1.54) is 5.56 Å². The highest BCUT2D eigenvalue weighted by atomic mass is 35.5. The molecule has 1 aromatic rings. The first-order valence-electron chi connectivity index (χ1n) is 7.78. The number of nitrogens with zero attached hydrogens (tertiary/aromatic N) is 1. The molecule has 0 saturated carbocycles. The number of aryl methyl sites for hydroxylation is 1. The lowest BCUT2D eigenvalue weighted by Crippen LogP contribution is -2.61. The molecule has 122 valence electrons. The molecule has 1 aromatic carbocycles. The van der Waals surface area contributed by atoms with Crippen molar-refractivity contribution in [2.45, 2.75) is 50.2 Å². The van der Waals surface area contributed by atoms with E-state index in [-0.39, 0.29) is 5.91 Å². The Morgan fingerprint density at radius 2 is 2.09 bits per heavy atom. The molecule has 1 fully saturated rings. The largest absolute Gasteiger partial charge is 0.416 e. The molecule has 0 unspecified atom stereocenters. The van der Waals surface area contributed by atoms with Gasteiger partial charge in [-0.1, -0.05) is 48.7 Å². The third-order valence-corrected chi connectivity index (χ3v) is 5.14. The van der Waals surface area contributed by atoms with E-state index in [0.717, 1.165) is 30.5 Å². The molecule has 1 aliphatic heterocycles. The van der Waals surface area contributed by atoms with Gasteiger partial charge in [0.05, 0.1) is 13.2 Å². The first-order chi connectivity index (χ1) is 10.3. The molecule has 0 atom stereocenters. The topological polar surface area (TPSA) is 29.5 Å². The van der Waals surface area contributed by atoms with Crippen LogP contribution in [0.1, 0.15) is 30.9 Å². The Bertz CT molecular complexity index is 549. The third-order valence-electron chi connectivity index (χ3n) is 3.74. The molecule has 3 nitrogen and oxygen atoms in total. The van der Waals surface area contributed by atoms with Gasteiger partial charge in [0.1, 0.15) is 0 Å². The highest BCUT2D eigenvalue weighted by Crippen LogP contribution is 2.39. The lowest BCUT2D eigenvalue weighted by Gasteiger charge is -2.41. The van der Waals surface area contributed by atoms with Gasteiger partial charge in [-0.25, -0.2) is 0 Å². The Morgan fingerprint density at radius 1 is 1.36 bits per heavy atom. The zero-order chi connectivity index (χ0) is 16.3. The summed E-state index contributed by atoms with van der Waals surface area (Å²) >= 11 is 11.9. The van der Waals surface area contributed by atoms with Crippen LogP contribution in [0.5, 0.6) is 0 Å². The van der Waals surface area contributed by atoms with E-state index in [1.807, 2.05) is 6.07 Å². The molecule has 0 aromatic heterocycles. The number of β-lactam (4-membered cyclic amide) rings is 1. The summed E-state index contributed by atoms with van der Waals surface area (Å²) in [6, 6.07) is 6.22. The van der Waals surface area contributed by atoms with Crippen LogP contribution in [0.3, 0.4) is 0 Å². The Labute approximate surface area is 144 Å². The second kappa shape index (κ2) is 7.34. The minimum atomic E-state index is -1.27. The lowest BCUT2D eigenvalue weighted by molar-refractivity contribution is -0.122. The molecule has 1 heterocycles. The van der Waals surface area contributed by atoms with Gasteiger partial charge >= 0.3 is 0 Å². The summed E-state index contributed by atoms with van der Waals surface area (Å²) in [6.45, 7) is 7.33. The van der Waals surface area contributed by atoms with Crippen LogP contribution in [-0.2, 0) is 22.2 Å². The van der Waals surface area contributed by atoms with Crippen molar-refractivity contribution in [1.82, 2.24) is 0 Å². The summed E-state index contributed by atoms with van der Waals surface area (Å²) in [5.41, 5.74) is 3.20. The van der Waals surface area contributed by atoms with Crippen molar-refractivity contribution in [3.05, 3.63) is 29.3 Å². The normalized spacial score (nSPS) is 17.0. The number of amides is 1. The van der Waals surface area contributed by atoms with Gasteiger partial charge in [0.25, 0.3) is 5.91 Å². The van der Waals surface area contributed by atoms with Crippen LogP contribution in [0.4, 0.5) is 5.69 Å². The SMILES string of the molecule is CCCCc1ccc(N2CC(Cl)(Cl)C2=O)c(CO[SiH](C)C)c1. The number of alkyl halides is 2. The van der Waals surface area contributed by atoms with Gasteiger partial charge in [0.15, 0.2) is 9.04 Å². The van der Waals surface area contributed by atoms with Gasteiger partial charge in [-0.3, -0.25) is 4.79 Å². The summed E-state index contributed by atoms with van der Waals surface area (Å²) < 4.78 is 4.60. The molecule has 22 heavy (non-hydrogen) atoms. The van der Waals surface area contributed by atoms with Gasteiger partial charge in [0, 0.05) is 11.3 Å². The number of unbranched alkanes of at least 4 members (excludes halogenated alkanes) is 1. The van der Waals surface area contributed by atoms with E-state index in [1.54, 1.807) is 4.90 Å². The fraction of sp³-hybridized carbons (Fsp3) is 0.562. The van der Waals surface area contributed by atoms with Crippen molar-refractivity contribution in [2.24, 2.45) is 0 Å². The minimum Gasteiger partial charge on any atom is -0.416 e. The number of hydrogen-bond acceptors (Lipinski definition) is 2. The number of benzene rings is 1. The second-order valence-electron chi connectivity index (χ2n) is 6.02. The van der Waals surface area contributed by atoms with Gasteiger partial charge in [-0.05, 0) is 37.6 Å². The quantitative estimate of drug-likeness (QED) is 0.417. The van der Waals surface area contributed by atoms with E-state index in [2.05, 4.69) is 32.2 Å². The van der Waals surface area contributed by atoms with Crippen molar-refractivity contribution in [1.29, 1.82) is 0 Å². The van der Waals surface area contributed by atoms with Crippen LogP contribution >= 0.6 is 23.2 Å². The molecule has 6 heteroatoms. The lowest BCUT2D eigenvalue weighted by atomic mass is 10.0. The van der Waals surface area contributed by atoms with Gasteiger partial charge < -0.3 is 9.33 Å². The first-order valence-corrected chi connectivity index (χ1v) is 11.3. The predicted octanol–water partition coefficient (Wildman–Crippen LogP) is 4.05. The van der Waals surface area contributed by atoms with Crippen LogP contribution in [0.2, 0.25) is 13.1 Å². The van der Waals surface area contributed by atoms with E-state index >= 15 is 0 Å². The summed E-state index contributed by atoms with van der Waals surface area (Å²) in [7, 11) is -1.12. The molecule has 2 rings (SSSR count). The molecule has 0 N–H and O–H groups in total. The first kappa shape index (κ1) is 17.8. The summed E-state index contributed by atoms with van der Waals surface area (Å²) in [5.74, 6) is -0.250. The Morgan fingerprint density at radius 3 is 2.64 bits per heavy atom. The molecule has 0 radical (unpaired) electrons. The smallest absolute Gasteiger partial charge is 0.265 e. The van der Waals surface area contributed by atoms with Crippen molar-refractivity contribution in [3.8, 4) is 0 Å².